The van der Waals surface area contributed by atoms with Crippen molar-refractivity contribution in [1.29, 1.82) is 0 Å². The highest BCUT2D eigenvalue weighted by Crippen LogP contribution is 2.40. The molecule has 11 aliphatic rings. The van der Waals surface area contributed by atoms with Gasteiger partial charge in [-0.1, -0.05) is 170 Å². The lowest BCUT2D eigenvalue weighted by Gasteiger charge is -2.39. The van der Waals surface area contributed by atoms with Crippen molar-refractivity contribution in [1.82, 2.24) is 10.2 Å². The van der Waals surface area contributed by atoms with Crippen LogP contribution in [0, 0.1) is 29.6 Å². The predicted molar refractivity (Wildman–Crippen MR) is 282 cm³/mol. The maximum absolute atomic E-state index is 5.51. The lowest BCUT2D eigenvalue weighted by atomic mass is 9.83. The van der Waals surface area contributed by atoms with Gasteiger partial charge < -0.3 is 10.2 Å². The smallest absolute Gasteiger partial charge is 0.144 e. The highest BCUT2D eigenvalue weighted by atomic mass is 15.2. The molecule has 67 heavy (non-hydrogen) atoms. The van der Waals surface area contributed by atoms with Gasteiger partial charge in [0.05, 0.1) is 11.8 Å². The van der Waals surface area contributed by atoms with Crippen molar-refractivity contribution in [3.05, 3.63) is 250 Å². The summed E-state index contributed by atoms with van der Waals surface area (Å²) in [4.78, 5) is 8.20. The molecule has 0 amide bonds. The fourth-order valence-electron chi connectivity index (χ4n) is 11.7. The molecule has 3 nitrogen and oxygen atoms in total. The molecule has 1 aliphatic heterocycles. The highest BCUT2D eigenvalue weighted by molar-refractivity contribution is 6.10. The maximum atomic E-state index is 5.51. The van der Waals surface area contributed by atoms with Crippen LogP contribution in [0.3, 0.4) is 0 Å². The van der Waals surface area contributed by atoms with E-state index in [1.54, 1.807) is 0 Å². The minimum atomic E-state index is -0.110. The summed E-state index contributed by atoms with van der Waals surface area (Å²) in [7, 11) is 0. The van der Waals surface area contributed by atoms with Crippen molar-refractivity contribution in [2.45, 2.75) is 102 Å². The number of nitrogens with one attached hydrogen (secondary N) is 1. The molecule has 1 N–H and O–H groups in total. The summed E-state index contributed by atoms with van der Waals surface area (Å²) < 4.78 is 0. The van der Waals surface area contributed by atoms with Crippen LogP contribution in [0.1, 0.15) is 89.9 Å². The van der Waals surface area contributed by atoms with Crippen molar-refractivity contribution >= 4 is 5.71 Å². The van der Waals surface area contributed by atoms with Crippen LogP contribution in [0.4, 0.5) is 0 Å². The molecule has 0 aromatic carbocycles. The molecule has 11 rings (SSSR count). The van der Waals surface area contributed by atoms with Gasteiger partial charge in [0.15, 0.2) is 0 Å². The first kappa shape index (κ1) is 43.4. The maximum Gasteiger partial charge on any atom is 0.144 e. The first-order valence-electron chi connectivity index (χ1n) is 25.8. The van der Waals surface area contributed by atoms with Gasteiger partial charge in [0.2, 0.25) is 0 Å². The van der Waals surface area contributed by atoms with E-state index in [0.717, 1.165) is 95.6 Å². The molecular formula is C64H67N3. The molecule has 3 heteroatoms. The Kier molecular flexibility index (Phi) is 13.2. The van der Waals surface area contributed by atoms with Crippen LogP contribution in [-0.4, -0.2) is 22.8 Å². The number of hydrogen-bond acceptors (Lipinski definition) is 3. The van der Waals surface area contributed by atoms with Crippen LogP contribution in [0.5, 0.6) is 0 Å². The summed E-state index contributed by atoms with van der Waals surface area (Å²) in [5.74, 6) is 2.08. The molecule has 1 unspecified atom stereocenters. The third kappa shape index (κ3) is 9.94. The second-order valence-electron chi connectivity index (χ2n) is 20.0. The molecule has 1 heterocycles. The van der Waals surface area contributed by atoms with Crippen molar-refractivity contribution in [3.63, 3.8) is 0 Å². The minimum Gasteiger partial charge on any atom is -0.363 e. The highest BCUT2D eigenvalue weighted by Gasteiger charge is 2.30. The summed E-state index contributed by atoms with van der Waals surface area (Å²) in [5.41, 5.74) is 16.7. The Morgan fingerprint density at radius 1 is 0.433 bits per heavy atom. The van der Waals surface area contributed by atoms with E-state index in [1.165, 1.54) is 61.7 Å². The van der Waals surface area contributed by atoms with Crippen molar-refractivity contribution in [2.24, 2.45) is 34.6 Å². The minimum absolute atomic E-state index is 0.110. The largest absolute Gasteiger partial charge is 0.363 e. The number of hydrogen-bond donors (Lipinski definition) is 1. The molecule has 0 spiro atoms. The molecule has 10 aliphatic carbocycles. The van der Waals surface area contributed by atoms with Gasteiger partial charge in [-0.3, -0.25) is 4.99 Å². The second kappa shape index (κ2) is 20.4. The molecule has 0 radical (unpaired) electrons. The fourth-order valence-corrected chi connectivity index (χ4v) is 11.7. The van der Waals surface area contributed by atoms with E-state index >= 15 is 0 Å². The molecule has 0 saturated carbocycles. The molecule has 0 aromatic heterocycles. The molecule has 7 atom stereocenters. The predicted octanol–water partition coefficient (Wildman–Crippen LogP) is 15.3. The Morgan fingerprint density at radius 3 is 1.76 bits per heavy atom. The van der Waals surface area contributed by atoms with Crippen LogP contribution < -0.4 is 5.32 Å². The van der Waals surface area contributed by atoms with E-state index in [2.05, 4.69) is 199 Å². The average molecular weight is 878 g/mol. The van der Waals surface area contributed by atoms with Crippen LogP contribution in [0.2, 0.25) is 0 Å². The molecule has 0 saturated heterocycles. The van der Waals surface area contributed by atoms with E-state index in [-0.39, 0.29) is 6.17 Å². The van der Waals surface area contributed by atoms with E-state index in [4.69, 9.17) is 4.99 Å². The van der Waals surface area contributed by atoms with Crippen LogP contribution in [-0.2, 0) is 0 Å². The van der Waals surface area contributed by atoms with Crippen molar-refractivity contribution in [3.8, 4) is 0 Å². The monoisotopic (exact) mass is 878 g/mol. The number of rotatable bonds is 11. The number of aliphatic imine (C=N–C) groups is 1. The lowest BCUT2D eigenvalue weighted by Crippen LogP contribution is -2.36. The van der Waals surface area contributed by atoms with E-state index in [1.807, 2.05) is 0 Å². The van der Waals surface area contributed by atoms with Crippen molar-refractivity contribution < 1.29 is 0 Å². The first-order chi connectivity index (χ1) is 33.2. The molecule has 338 valence electrons. The van der Waals surface area contributed by atoms with Crippen LogP contribution in [0.25, 0.3) is 0 Å². The molecule has 0 fully saturated rings. The Labute approximate surface area is 400 Å². The normalized spacial score (nSPS) is 30.9. The Hall–Kier alpha value is -6.19. The van der Waals surface area contributed by atoms with E-state index in [0.29, 0.717) is 35.6 Å². The van der Waals surface area contributed by atoms with E-state index < -0.39 is 0 Å². The summed E-state index contributed by atoms with van der Waals surface area (Å²) >= 11 is 0. The zero-order valence-electron chi connectivity index (χ0n) is 39.2. The summed E-state index contributed by atoms with van der Waals surface area (Å²) in [6.07, 6.45) is 88.6. The second-order valence-corrected chi connectivity index (χ2v) is 20.0. The zero-order valence-corrected chi connectivity index (χ0v) is 39.2. The van der Waals surface area contributed by atoms with Gasteiger partial charge >= 0.3 is 0 Å². The summed E-state index contributed by atoms with van der Waals surface area (Å²) in [5, 5.41) is 3.97. The zero-order chi connectivity index (χ0) is 44.8. The van der Waals surface area contributed by atoms with Gasteiger partial charge in [0, 0.05) is 46.7 Å². The Morgan fingerprint density at radius 2 is 1.10 bits per heavy atom. The van der Waals surface area contributed by atoms with Crippen LogP contribution in [0.15, 0.2) is 255 Å². The quantitative estimate of drug-likeness (QED) is 0.224. The topological polar surface area (TPSA) is 27.6 Å². The third-order valence-electron chi connectivity index (χ3n) is 15.7. The van der Waals surface area contributed by atoms with Gasteiger partial charge in [0.25, 0.3) is 0 Å². The lowest BCUT2D eigenvalue weighted by molar-refractivity contribution is 0.352. The van der Waals surface area contributed by atoms with Crippen LogP contribution >= 0.6 is 0 Å². The Bertz CT molecular complexity index is 2690. The average Bonchev–Trinajstić information content (AvgIpc) is 3.42. The van der Waals surface area contributed by atoms with Gasteiger partial charge in [-0.15, -0.1) is 0 Å². The summed E-state index contributed by atoms with van der Waals surface area (Å²) in [6.45, 7) is 0. The van der Waals surface area contributed by atoms with E-state index in [9.17, 15) is 0 Å². The van der Waals surface area contributed by atoms with Crippen molar-refractivity contribution in [2.75, 3.05) is 0 Å². The SMILES string of the molecule is C1=CCCC(C2=CC=C(C3=N[C@H](C4=CCC(C5=CCCC(N(C6=CC[C@H](C7=CCCC=C7)C=C6)[C@H]6C=CC([C@H]7C=CC=CC7)=CC6)=C5)C=C4)NC([C@H]4C=CC([C@H]5C=CC=CC5)=CC4)=C3)CC2)=C1. The number of allylic oxidation sites excluding steroid dienone is 36. The van der Waals surface area contributed by atoms with Gasteiger partial charge in [0.1, 0.15) is 6.17 Å². The summed E-state index contributed by atoms with van der Waals surface area (Å²) in [6, 6.07) is 0.295. The van der Waals surface area contributed by atoms with Gasteiger partial charge in [-0.25, -0.2) is 0 Å². The molecular weight excluding hydrogens is 811 g/mol. The molecule has 0 bridgehead atoms. The fraction of sp³-hybridized carbons (Fsp3) is 0.328. The van der Waals surface area contributed by atoms with Gasteiger partial charge in [-0.2, -0.15) is 0 Å². The van der Waals surface area contributed by atoms with Gasteiger partial charge in [-0.05, 0) is 153 Å². The third-order valence-corrected chi connectivity index (χ3v) is 15.7. The number of nitrogens with zero attached hydrogens (tertiary/aromatic N) is 2. The molecule has 0 aromatic rings. The Balaban J connectivity index is 0.824. The standard InChI is InChI=1S/C64H67N3/c1-5-14-46(15-6-1)50-24-30-55(31-25-50)62-45-63(56-32-26-51(27-33-56)47-16-7-2-8-17-47)66-64(65-62)57-34-28-54(29-35-57)58-22-13-23-61(44-58)67(59-40-36-52(37-41-59)48-18-9-3-10-19-48)60-42-38-53(39-43-60)49-20-11-4-12-21-49/h1-3,5-7,9-11,14,16,18,20-22,24-26,28,30,32,34-38,40,42-46,48,53-55,59,64-65H,4,8,12-13,15,17,19,23,27,29,31,33,39,41H2/t46-,48-,53+,54?,55-,59-,64+/m0/s1. The first-order valence-corrected chi connectivity index (χ1v) is 25.8.